The second-order valence-corrected chi connectivity index (χ2v) is 5.08. The van der Waals surface area contributed by atoms with Gasteiger partial charge < -0.3 is 5.73 Å². The molecule has 0 amide bonds. The highest BCUT2D eigenvalue weighted by Crippen LogP contribution is 2.24. The van der Waals surface area contributed by atoms with E-state index in [1.165, 1.54) is 23.5 Å². The lowest BCUT2D eigenvalue weighted by atomic mass is 10.1. The normalized spacial score (nSPS) is 10.5. The molecule has 0 radical (unpaired) electrons. The molecule has 0 unspecified atom stereocenters. The zero-order chi connectivity index (χ0) is 10.8. The smallest absolute Gasteiger partial charge is 0.180 e. The monoisotopic (exact) mass is 286 g/mol. The third kappa shape index (κ3) is 2.54. The van der Waals surface area contributed by atoms with Crippen molar-refractivity contribution in [3.63, 3.8) is 0 Å². The number of nitrogens with two attached hydrogens (primary N) is 1. The highest BCUT2D eigenvalue weighted by Gasteiger charge is 2.05. The predicted octanol–water partition coefficient (Wildman–Crippen LogP) is 3.22. The summed E-state index contributed by atoms with van der Waals surface area (Å²) in [5.74, 6) is -0.241. The topological polar surface area (TPSA) is 38.9 Å². The molecule has 15 heavy (non-hydrogen) atoms. The molecule has 1 heterocycles. The molecule has 0 fully saturated rings. The summed E-state index contributed by atoms with van der Waals surface area (Å²) >= 11 is 4.77. The first kappa shape index (κ1) is 10.6. The molecule has 1 aromatic heterocycles. The van der Waals surface area contributed by atoms with Gasteiger partial charge in [0.1, 0.15) is 5.82 Å². The fourth-order valence-electron chi connectivity index (χ4n) is 1.26. The van der Waals surface area contributed by atoms with Gasteiger partial charge in [0.15, 0.2) is 5.13 Å². The van der Waals surface area contributed by atoms with Gasteiger partial charge in [0.25, 0.3) is 0 Å². The maximum absolute atomic E-state index is 12.8. The lowest BCUT2D eigenvalue weighted by Crippen LogP contribution is -1.87. The molecule has 0 spiro atoms. The van der Waals surface area contributed by atoms with Crippen LogP contribution in [0.3, 0.4) is 0 Å². The number of thiazole rings is 1. The average Bonchev–Trinajstić information content (AvgIpc) is 2.56. The van der Waals surface area contributed by atoms with E-state index in [2.05, 4.69) is 20.9 Å². The first-order valence-electron chi connectivity index (χ1n) is 4.29. The Balaban J connectivity index is 2.24. The third-order valence-electron chi connectivity index (χ3n) is 1.95. The van der Waals surface area contributed by atoms with Gasteiger partial charge in [-0.2, -0.15) is 0 Å². The van der Waals surface area contributed by atoms with E-state index in [4.69, 9.17) is 5.73 Å². The number of hydrogen-bond donors (Lipinski definition) is 1. The highest BCUT2D eigenvalue weighted by molar-refractivity contribution is 9.10. The van der Waals surface area contributed by atoms with E-state index in [1.807, 2.05) is 0 Å². The summed E-state index contributed by atoms with van der Waals surface area (Å²) in [4.78, 5) is 5.04. The third-order valence-corrected chi connectivity index (χ3v) is 3.52. The fourth-order valence-corrected chi connectivity index (χ4v) is 2.46. The van der Waals surface area contributed by atoms with E-state index in [-0.39, 0.29) is 5.82 Å². The molecule has 0 atom stereocenters. The summed E-state index contributed by atoms with van der Waals surface area (Å²) in [6.07, 6.45) is 2.46. The lowest BCUT2D eigenvalue weighted by Gasteiger charge is -2.01. The van der Waals surface area contributed by atoms with E-state index in [0.29, 0.717) is 5.13 Å². The minimum absolute atomic E-state index is 0.241. The van der Waals surface area contributed by atoms with Gasteiger partial charge in [0, 0.05) is 22.0 Å². The number of nitrogen functional groups attached to an aromatic ring is 1. The highest BCUT2D eigenvalue weighted by atomic mass is 79.9. The Morgan fingerprint density at radius 3 is 2.87 bits per heavy atom. The number of hydrogen-bond acceptors (Lipinski definition) is 3. The second-order valence-electron chi connectivity index (χ2n) is 3.08. The van der Waals surface area contributed by atoms with Crippen LogP contribution in [0.1, 0.15) is 10.4 Å². The number of nitrogens with zero attached hydrogens (tertiary/aromatic N) is 1. The molecule has 0 aliphatic heterocycles. The van der Waals surface area contributed by atoms with Crippen molar-refractivity contribution in [2.75, 3.05) is 5.73 Å². The Bertz CT molecular complexity index is 484. The van der Waals surface area contributed by atoms with Crippen molar-refractivity contribution in [2.45, 2.75) is 6.42 Å². The minimum atomic E-state index is -0.241. The van der Waals surface area contributed by atoms with Crippen LogP contribution in [0.2, 0.25) is 0 Å². The molecule has 0 saturated carbocycles. The minimum Gasteiger partial charge on any atom is -0.375 e. The van der Waals surface area contributed by atoms with E-state index >= 15 is 0 Å². The SMILES string of the molecule is Nc1ncc(Cc2ccc(F)cc2Br)s1. The Morgan fingerprint density at radius 1 is 1.47 bits per heavy atom. The number of aromatic nitrogens is 1. The van der Waals surface area contributed by atoms with Crippen LogP contribution >= 0.6 is 27.3 Å². The molecule has 2 N–H and O–H groups in total. The van der Waals surface area contributed by atoms with Crippen molar-refractivity contribution >= 4 is 32.4 Å². The zero-order valence-corrected chi connectivity index (χ0v) is 10.1. The van der Waals surface area contributed by atoms with Crippen LogP contribution in [-0.4, -0.2) is 4.98 Å². The van der Waals surface area contributed by atoms with Crippen molar-refractivity contribution < 1.29 is 4.39 Å². The number of rotatable bonds is 2. The van der Waals surface area contributed by atoms with E-state index < -0.39 is 0 Å². The summed E-state index contributed by atoms with van der Waals surface area (Å²) in [6, 6.07) is 4.67. The number of benzene rings is 1. The summed E-state index contributed by atoms with van der Waals surface area (Å²) < 4.78 is 13.6. The van der Waals surface area contributed by atoms with Crippen molar-refractivity contribution in [1.82, 2.24) is 4.98 Å². The van der Waals surface area contributed by atoms with Gasteiger partial charge in [-0.15, -0.1) is 11.3 Å². The summed E-state index contributed by atoms with van der Waals surface area (Å²) in [7, 11) is 0. The van der Waals surface area contributed by atoms with Crippen LogP contribution < -0.4 is 5.73 Å². The molecule has 5 heteroatoms. The van der Waals surface area contributed by atoms with Crippen LogP contribution in [0.5, 0.6) is 0 Å². The fraction of sp³-hybridized carbons (Fsp3) is 0.100. The van der Waals surface area contributed by atoms with Gasteiger partial charge in [-0.3, -0.25) is 0 Å². The van der Waals surface area contributed by atoms with Crippen molar-refractivity contribution in [3.05, 3.63) is 45.1 Å². The van der Waals surface area contributed by atoms with Crippen molar-refractivity contribution in [1.29, 1.82) is 0 Å². The zero-order valence-electron chi connectivity index (χ0n) is 7.71. The second kappa shape index (κ2) is 4.28. The Morgan fingerprint density at radius 2 is 2.27 bits per heavy atom. The Kier molecular flexibility index (Phi) is 3.02. The summed E-state index contributed by atoms with van der Waals surface area (Å²) in [5, 5.41) is 0.559. The molecule has 0 aliphatic carbocycles. The number of anilines is 1. The largest absolute Gasteiger partial charge is 0.375 e. The maximum Gasteiger partial charge on any atom is 0.180 e. The molecule has 0 saturated heterocycles. The standard InChI is InChI=1S/C10H8BrFN2S/c11-9-4-7(12)2-1-6(9)3-8-5-14-10(13)15-8/h1-2,4-5H,3H2,(H2,13,14). The van der Waals surface area contributed by atoms with Crippen LogP contribution in [0.15, 0.2) is 28.9 Å². The molecule has 2 nitrogen and oxygen atoms in total. The molecule has 0 bridgehead atoms. The van der Waals surface area contributed by atoms with E-state index in [1.54, 1.807) is 12.3 Å². The quantitative estimate of drug-likeness (QED) is 0.921. The van der Waals surface area contributed by atoms with Gasteiger partial charge in [0.05, 0.1) is 0 Å². The predicted molar refractivity (Wildman–Crippen MR) is 63.4 cm³/mol. The van der Waals surface area contributed by atoms with E-state index in [9.17, 15) is 4.39 Å². The molecular weight excluding hydrogens is 279 g/mol. The van der Waals surface area contributed by atoms with Gasteiger partial charge in [-0.1, -0.05) is 22.0 Å². The molecule has 2 rings (SSSR count). The first-order valence-corrected chi connectivity index (χ1v) is 5.90. The molecule has 0 aliphatic rings. The van der Waals surface area contributed by atoms with E-state index in [0.717, 1.165) is 21.3 Å². The molecule has 78 valence electrons. The Hall–Kier alpha value is -0.940. The van der Waals surface area contributed by atoms with Crippen LogP contribution in [0, 0.1) is 5.82 Å². The Labute approximate surface area is 99.1 Å². The summed E-state index contributed by atoms with van der Waals surface area (Å²) in [6.45, 7) is 0. The van der Waals surface area contributed by atoms with Gasteiger partial charge in [-0.25, -0.2) is 9.37 Å². The molecular formula is C10H8BrFN2S. The van der Waals surface area contributed by atoms with Crippen LogP contribution in [-0.2, 0) is 6.42 Å². The van der Waals surface area contributed by atoms with Gasteiger partial charge in [0.2, 0.25) is 0 Å². The summed E-state index contributed by atoms with van der Waals surface area (Å²) in [5.41, 5.74) is 6.56. The molecule has 2 aromatic rings. The van der Waals surface area contributed by atoms with Gasteiger partial charge in [-0.05, 0) is 17.7 Å². The average molecular weight is 287 g/mol. The number of halogens is 2. The molecule has 1 aromatic carbocycles. The van der Waals surface area contributed by atoms with Crippen LogP contribution in [0.4, 0.5) is 9.52 Å². The van der Waals surface area contributed by atoms with Gasteiger partial charge >= 0.3 is 0 Å². The van der Waals surface area contributed by atoms with Crippen LogP contribution in [0.25, 0.3) is 0 Å². The first-order chi connectivity index (χ1) is 7.15. The van der Waals surface area contributed by atoms with Crippen molar-refractivity contribution in [3.8, 4) is 0 Å². The maximum atomic E-state index is 12.8. The lowest BCUT2D eigenvalue weighted by molar-refractivity contribution is 0.626. The van der Waals surface area contributed by atoms with Crippen molar-refractivity contribution in [2.24, 2.45) is 0 Å².